The van der Waals surface area contributed by atoms with E-state index in [1.54, 1.807) is 0 Å². The lowest BCUT2D eigenvalue weighted by Gasteiger charge is -2.06. The first-order chi connectivity index (χ1) is 7.63. The van der Waals surface area contributed by atoms with Gasteiger partial charge in [0.15, 0.2) is 17.3 Å². The molecule has 0 radical (unpaired) electrons. The van der Waals surface area contributed by atoms with Gasteiger partial charge in [-0.1, -0.05) is 0 Å². The first-order valence-electron chi connectivity index (χ1n) is 4.50. The van der Waals surface area contributed by atoms with Gasteiger partial charge in [-0.25, -0.2) is 4.39 Å². The number of rotatable bonds is 2. The number of hydrogen-bond donors (Lipinski definition) is 3. The van der Waals surface area contributed by atoms with Crippen molar-refractivity contribution in [2.24, 2.45) is 0 Å². The molecular weight excluding hydrogens is 213 g/mol. The maximum absolute atomic E-state index is 13.7. The second-order valence-corrected chi connectivity index (χ2v) is 3.18. The molecule has 4 N–H and O–H groups in total. The van der Waals surface area contributed by atoms with Crippen LogP contribution in [0, 0.1) is 5.82 Å². The smallest absolute Gasteiger partial charge is 0.194 e. The molecule has 0 amide bonds. The average molecular weight is 223 g/mol. The Bertz CT molecular complexity index is 525. The van der Waals surface area contributed by atoms with Crippen LogP contribution in [0.4, 0.5) is 10.2 Å². The number of phenolic OH excluding ortho intramolecular Hbond substituents is 1. The van der Waals surface area contributed by atoms with Crippen molar-refractivity contribution < 1.29 is 14.2 Å². The third kappa shape index (κ3) is 1.54. The molecule has 2 rings (SSSR count). The van der Waals surface area contributed by atoms with Crippen molar-refractivity contribution in [3.63, 3.8) is 0 Å². The minimum absolute atomic E-state index is 0.0775. The van der Waals surface area contributed by atoms with Gasteiger partial charge in [-0.2, -0.15) is 5.10 Å². The second kappa shape index (κ2) is 3.73. The first-order valence-corrected chi connectivity index (χ1v) is 4.50. The third-order valence-corrected chi connectivity index (χ3v) is 2.19. The number of anilines is 1. The Balaban J connectivity index is 2.55. The summed E-state index contributed by atoms with van der Waals surface area (Å²) in [6, 6.07) is 4.41. The lowest BCUT2D eigenvalue weighted by Crippen LogP contribution is -1.90. The van der Waals surface area contributed by atoms with Crippen LogP contribution >= 0.6 is 0 Å². The standard InChI is InChI=1S/C10H10FN3O2/c1-16-7-3-2-5(9(11)10(7)15)6-4-8(12)14-13-6/h2-4,15H,1H3,(H3,12,13,14). The van der Waals surface area contributed by atoms with Crippen LogP contribution in [0.2, 0.25) is 0 Å². The molecule has 0 bridgehead atoms. The lowest BCUT2D eigenvalue weighted by atomic mass is 10.1. The number of aromatic nitrogens is 2. The summed E-state index contributed by atoms with van der Waals surface area (Å²) in [6.07, 6.45) is 0. The van der Waals surface area contributed by atoms with Crippen LogP contribution in [0.3, 0.4) is 0 Å². The number of aromatic amines is 1. The van der Waals surface area contributed by atoms with E-state index in [2.05, 4.69) is 10.2 Å². The van der Waals surface area contributed by atoms with E-state index in [1.807, 2.05) is 0 Å². The van der Waals surface area contributed by atoms with Gasteiger partial charge in [-0.3, -0.25) is 5.10 Å². The van der Waals surface area contributed by atoms with E-state index in [9.17, 15) is 9.50 Å². The molecule has 1 heterocycles. The monoisotopic (exact) mass is 223 g/mol. The van der Waals surface area contributed by atoms with E-state index in [0.717, 1.165) is 0 Å². The topological polar surface area (TPSA) is 84.2 Å². The van der Waals surface area contributed by atoms with Crippen LogP contribution in [0.25, 0.3) is 11.3 Å². The van der Waals surface area contributed by atoms with Gasteiger partial charge < -0.3 is 15.6 Å². The van der Waals surface area contributed by atoms with Crippen molar-refractivity contribution in [3.8, 4) is 22.8 Å². The van der Waals surface area contributed by atoms with Crippen molar-refractivity contribution in [3.05, 3.63) is 24.0 Å². The summed E-state index contributed by atoms with van der Waals surface area (Å²) in [5.74, 6) is -0.977. The van der Waals surface area contributed by atoms with E-state index >= 15 is 0 Å². The zero-order valence-corrected chi connectivity index (χ0v) is 8.49. The van der Waals surface area contributed by atoms with E-state index in [1.165, 1.54) is 25.3 Å². The number of halogens is 1. The summed E-state index contributed by atoms with van der Waals surface area (Å²) in [6.45, 7) is 0. The average Bonchev–Trinajstić information content (AvgIpc) is 2.69. The maximum Gasteiger partial charge on any atom is 0.194 e. The Labute approximate surface area is 90.7 Å². The highest BCUT2D eigenvalue weighted by Gasteiger charge is 2.15. The molecule has 5 nitrogen and oxygen atoms in total. The number of hydrogen-bond acceptors (Lipinski definition) is 4. The van der Waals surface area contributed by atoms with Crippen LogP contribution in [-0.2, 0) is 0 Å². The number of H-pyrrole nitrogens is 1. The number of aromatic hydroxyl groups is 1. The van der Waals surface area contributed by atoms with Crippen LogP contribution in [0.15, 0.2) is 18.2 Å². The van der Waals surface area contributed by atoms with Crippen LogP contribution < -0.4 is 10.5 Å². The predicted octanol–water partition coefficient (Wildman–Crippen LogP) is 1.51. The van der Waals surface area contributed by atoms with Crippen LogP contribution in [-0.4, -0.2) is 22.4 Å². The molecule has 0 atom stereocenters. The fourth-order valence-electron chi connectivity index (χ4n) is 1.39. The minimum atomic E-state index is -0.775. The Morgan fingerprint density at radius 2 is 2.25 bits per heavy atom. The number of nitrogens with zero attached hydrogens (tertiary/aromatic N) is 1. The molecule has 0 spiro atoms. The largest absolute Gasteiger partial charge is 0.502 e. The number of benzene rings is 1. The predicted molar refractivity (Wildman–Crippen MR) is 56.6 cm³/mol. The normalized spacial score (nSPS) is 10.4. The van der Waals surface area contributed by atoms with Crippen LogP contribution in [0.5, 0.6) is 11.5 Å². The molecule has 1 aromatic heterocycles. The Hall–Kier alpha value is -2.24. The highest BCUT2D eigenvalue weighted by Crippen LogP contribution is 2.35. The van der Waals surface area contributed by atoms with Gasteiger partial charge in [0.2, 0.25) is 0 Å². The van der Waals surface area contributed by atoms with Gasteiger partial charge in [0.1, 0.15) is 5.82 Å². The molecule has 0 unspecified atom stereocenters. The van der Waals surface area contributed by atoms with Crippen molar-refractivity contribution in [1.29, 1.82) is 0 Å². The van der Waals surface area contributed by atoms with E-state index < -0.39 is 11.6 Å². The Kier molecular flexibility index (Phi) is 2.40. The zero-order valence-electron chi connectivity index (χ0n) is 8.49. The summed E-state index contributed by atoms with van der Waals surface area (Å²) in [4.78, 5) is 0. The minimum Gasteiger partial charge on any atom is -0.502 e. The van der Waals surface area contributed by atoms with E-state index in [0.29, 0.717) is 5.69 Å². The SMILES string of the molecule is COc1ccc(-c2cc(N)n[nH]2)c(F)c1O. The molecule has 16 heavy (non-hydrogen) atoms. The molecular formula is C10H10FN3O2. The van der Waals surface area contributed by atoms with Crippen molar-refractivity contribution in [1.82, 2.24) is 10.2 Å². The van der Waals surface area contributed by atoms with Gasteiger partial charge in [0.25, 0.3) is 0 Å². The third-order valence-electron chi connectivity index (χ3n) is 2.19. The fraction of sp³-hybridized carbons (Fsp3) is 0.100. The molecule has 0 aliphatic heterocycles. The number of nitrogens with two attached hydrogens (primary N) is 1. The number of phenols is 1. The van der Waals surface area contributed by atoms with Gasteiger partial charge >= 0.3 is 0 Å². The van der Waals surface area contributed by atoms with E-state index in [-0.39, 0.29) is 17.1 Å². The number of methoxy groups -OCH3 is 1. The molecule has 84 valence electrons. The molecule has 1 aromatic carbocycles. The highest BCUT2D eigenvalue weighted by molar-refractivity contribution is 5.66. The van der Waals surface area contributed by atoms with Crippen LogP contribution in [0.1, 0.15) is 0 Å². The summed E-state index contributed by atoms with van der Waals surface area (Å²) in [7, 11) is 1.35. The summed E-state index contributed by atoms with van der Waals surface area (Å²) in [5.41, 5.74) is 5.99. The van der Waals surface area contributed by atoms with Gasteiger partial charge in [-0.05, 0) is 12.1 Å². The van der Waals surface area contributed by atoms with Gasteiger partial charge in [-0.15, -0.1) is 0 Å². The molecule has 0 aliphatic carbocycles. The van der Waals surface area contributed by atoms with Crippen molar-refractivity contribution >= 4 is 5.82 Å². The zero-order chi connectivity index (χ0) is 11.7. The molecule has 0 aliphatic rings. The number of nitrogen functional groups attached to an aromatic ring is 1. The molecule has 0 saturated heterocycles. The molecule has 0 fully saturated rings. The summed E-state index contributed by atoms with van der Waals surface area (Å²) in [5, 5.41) is 15.7. The summed E-state index contributed by atoms with van der Waals surface area (Å²) >= 11 is 0. The molecule has 6 heteroatoms. The van der Waals surface area contributed by atoms with Gasteiger partial charge in [0, 0.05) is 11.6 Å². The second-order valence-electron chi connectivity index (χ2n) is 3.18. The Morgan fingerprint density at radius 1 is 1.50 bits per heavy atom. The maximum atomic E-state index is 13.7. The van der Waals surface area contributed by atoms with Crippen molar-refractivity contribution in [2.45, 2.75) is 0 Å². The number of ether oxygens (including phenoxy) is 1. The first kappa shape index (κ1) is 10.3. The van der Waals surface area contributed by atoms with Gasteiger partial charge in [0.05, 0.1) is 12.8 Å². The lowest BCUT2D eigenvalue weighted by molar-refractivity contribution is 0.357. The van der Waals surface area contributed by atoms with Crippen molar-refractivity contribution in [2.75, 3.05) is 12.8 Å². The molecule has 0 saturated carbocycles. The Morgan fingerprint density at radius 3 is 2.81 bits per heavy atom. The molecule has 2 aromatic rings. The fourth-order valence-corrected chi connectivity index (χ4v) is 1.39. The quantitative estimate of drug-likeness (QED) is 0.720. The number of nitrogens with one attached hydrogen (secondary N) is 1. The van der Waals surface area contributed by atoms with E-state index in [4.69, 9.17) is 10.5 Å². The highest BCUT2D eigenvalue weighted by atomic mass is 19.1. The summed E-state index contributed by atoms with van der Waals surface area (Å²) < 4.78 is 18.5.